The monoisotopic (exact) mass is 339 g/mol. The summed E-state index contributed by atoms with van der Waals surface area (Å²) in [6.45, 7) is 1.84. The molecule has 0 spiro atoms. The minimum Gasteiger partial charge on any atom is -0.367 e. The number of carbonyl (C=O) groups excluding carboxylic acids is 1. The Bertz CT molecular complexity index is 728. The van der Waals surface area contributed by atoms with Crippen LogP contribution in [0.15, 0.2) is 59.5 Å². The number of hydrogen-bond acceptors (Lipinski definition) is 4. The lowest BCUT2D eigenvalue weighted by Crippen LogP contribution is -2.26. The van der Waals surface area contributed by atoms with Gasteiger partial charge in [0.25, 0.3) is 16.0 Å². The molecule has 118 valence electrons. The van der Waals surface area contributed by atoms with Gasteiger partial charge in [-0.3, -0.25) is 4.79 Å². The van der Waals surface area contributed by atoms with Gasteiger partial charge >= 0.3 is 0 Å². The van der Waals surface area contributed by atoms with Crippen molar-refractivity contribution in [3.05, 3.63) is 65.7 Å². The molecular weight excluding hydrogens is 322 g/mol. The molecule has 1 atom stereocenters. The van der Waals surface area contributed by atoms with E-state index in [0.29, 0.717) is 5.56 Å². The zero-order valence-corrected chi connectivity index (χ0v) is 13.7. The maximum atomic E-state index is 12.2. The molecule has 5 nitrogen and oxygen atoms in total. The van der Waals surface area contributed by atoms with Crippen LogP contribution >= 0.6 is 13.5 Å². The SMILES string of the molecule is Cc1ccc(S(=O)(=O)O[C@H](C(N)=O)c2ccccc2)cc1.S. The molecule has 0 bridgehead atoms. The third-order valence-electron chi connectivity index (χ3n) is 2.89. The van der Waals surface area contributed by atoms with E-state index >= 15 is 0 Å². The van der Waals surface area contributed by atoms with Crippen molar-refractivity contribution in [2.45, 2.75) is 17.9 Å². The van der Waals surface area contributed by atoms with Gasteiger partial charge in [-0.05, 0) is 24.6 Å². The van der Waals surface area contributed by atoms with Gasteiger partial charge in [0.15, 0.2) is 6.10 Å². The van der Waals surface area contributed by atoms with Crippen LogP contribution in [0.25, 0.3) is 0 Å². The van der Waals surface area contributed by atoms with Gasteiger partial charge in [-0.25, -0.2) is 4.18 Å². The van der Waals surface area contributed by atoms with Crippen molar-refractivity contribution in [1.29, 1.82) is 0 Å². The highest BCUT2D eigenvalue weighted by Gasteiger charge is 2.27. The molecule has 2 aromatic rings. The average molecular weight is 339 g/mol. The summed E-state index contributed by atoms with van der Waals surface area (Å²) < 4.78 is 29.4. The smallest absolute Gasteiger partial charge is 0.298 e. The zero-order valence-electron chi connectivity index (χ0n) is 11.9. The van der Waals surface area contributed by atoms with Crippen molar-refractivity contribution >= 4 is 29.5 Å². The number of hydrogen-bond donors (Lipinski definition) is 1. The predicted molar refractivity (Wildman–Crippen MR) is 88.2 cm³/mol. The third kappa shape index (κ3) is 4.33. The Morgan fingerprint density at radius 2 is 1.59 bits per heavy atom. The van der Waals surface area contributed by atoms with Crippen LogP contribution < -0.4 is 5.73 Å². The highest BCUT2D eigenvalue weighted by molar-refractivity contribution is 7.86. The summed E-state index contributed by atoms with van der Waals surface area (Å²) in [5.41, 5.74) is 6.56. The first kappa shape index (κ1) is 18.2. The van der Waals surface area contributed by atoms with Gasteiger partial charge in [-0.15, -0.1) is 0 Å². The van der Waals surface area contributed by atoms with E-state index in [0.717, 1.165) is 5.56 Å². The molecule has 0 aliphatic carbocycles. The van der Waals surface area contributed by atoms with E-state index in [9.17, 15) is 13.2 Å². The summed E-state index contributed by atoms with van der Waals surface area (Å²) in [5, 5.41) is 0. The maximum Gasteiger partial charge on any atom is 0.298 e. The average Bonchev–Trinajstić information content (AvgIpc) is 2.46. The van der Waals surface area contributed by atoms with E-state index in [1.165, 1.54) is 12.1 Å². The minimum absolute atomic E-state index is 0. The summed E-state index contributed by atoms with van der Waals surface area (Å²) in [5.74, 6) is -0.864. The molecule has 0 heterocycles. The second-order valence-electron chi connectivity index (χ2n) is 4.56. The summed E-state index contributed by atoms with van der Waals surface area (Å²) in [6.07, 6.45) is -1.35. The molecule has 0 radical (unpaired) electrons. The van der Waals surface area contributed by atoms with Crippen LogP contribution in [0, 0.1) is 6.92 Å². The summed E-state index contributed by atoms with van der Waals surface area (Å²) in [6, 6.07) is 14.4. The first-order valence-corrected chi connectivity index (χ1v) is 7.65. The highest BCUT2D eigenvalue weighted by atomic mass is 32.2. The second kappa shape index (κ2) is 7.44. The molecule has 2 N–H and O–H groups in total. The normalized spacial score (nSPS) is 12.2. The van der Waals surface area contributed by atoms with Crippen LogP contribution in [0.2, 0.25) is 0 Å². The van der Waals surface area contributed by atoms with Gasteiger partial charge < -0.3 is 5.73 Å². The third-order valence-corrected chi connectivity index (χ3v) is 4.19. The van der Waals surface area contributed by atoms with Crippen LogP contribution in [0.3, 0.4) is 0 Å². The Balaban J connectivity index is 0.00000242. The standard InChI is InChI=1S/C15H15NO4S.H2S/c1-11-7-9-13(10-8-11)21(18,19)20-14(15(16)17)12-5-3-2-4-6-12;/h2-10,14H,1H3,(H2,16,17);1H2/t14-;/m0./s1. The van der Waals surface area contributed by atoms with E-state index in [-0.39, 0.29) is 18.4 Å². The van der Waals surface area contributed by atoms with Crippen molar-refractivity contribution in [2.75, 3.05) is 0 Å². The van der Waals surface area contributed by atoms with Gasteiger partial charge in [0.2, 0.25) is 0 Å². The van der Waals surface area contributed by atoms with E-state index in [4.69, 9.17) is 9.92 Å². The predicted octanol–water partition coefficient (Wildman–Crippen LogP) is 2.04. The summed E-state index contributed by atoms with van der Waals surface area (Å²) >= 11 is 0. The maximum absolute atomic E-state index is 12.2. The molecule has 0 aromatic heterocycles. The number of nitrogens with two attached hydrogens (primary N) is 1. The van der Waals surface area contributed by atoms with Gasteiger partial charge in [0.1, 0.15) is 0 Å². The number of amides is 1. The molecule has 0 unspecified atom stereocenters. The Labute approximate surface area is 136 Å². The molecule has 0 aliphatic rings. The topological polar surface area (TPSA) is 86.5 Å². The molecule has 0 fully saturated rings. The number of primary amides is 1. The Morgan fingerprint density at radius 1 is 1.05 bits per heavy atom. The first-order chi connectivity index (χ1) is 9.90. The fourth-order valence-electron chi connectivity index (χ4n) is 1.78. The quantitative estimate of drug-likeness (QED) is 0.845. The number of benzene rings is 2. The van der Waals surface area contributed by atoms with Gasteiger partial charge in [-0.1, -0.05) is 48.0 Å². The van der Waals surface area contributed by atoms with E-state index in [1.807, 2.05) is 6.92 Å². The van der Waals surface area contributed by atoms with Gasteiger partial charge in [0, 0.05) is 0 Å². The molecule has 2 aromatic carbocycles. The Hall–Kier alpha value is -1.83. The Morgan fingerprint density at radius 3 is 2.09 bits per heavy atom. The number of rotatable bonds is 5. The molecule has 22 heavy (non-hydrogen) atoms. The van der Waals surface area contributed by atoms with E-state index < -0.39 is 22.1 Å². The molecule has 0 saturated carbocycles. The molecule has 0 aliphatic heterocycles. The van der Waals surface area contributed by atoms with Crippen LogP contribution in [0.1, 0.15) is 17.2 Å². The van der Waals surface area contributed by atoms with Crippen molar-refractivity contribution in [2.24, 2.45) is 5.73 Å². The highest BCUT2D eigenvalue weighted by Crippen LogP contribution is 2.23. The van der Waals surface area contributed by atoms with Crippen molar-refractivity contribution in [1.82, 2.24) is 0 Å². The Kier molecular flexibility index (Phi) is 6.16. The van der Waals surface area contributed by atoms with Crippen molar-refractivity contribution < 1.29 is 17.4 Å². The number of carbonyl (C=O) groups is 1. The summed E-state index contributed by atoms with van der Waals surface area (Å²) in [7, 11) is -4.07. The van der Waals surface area contributed by atoms with Gasteiger partial charge in [0.05, 0.1) is 4.90 Å². The second-order valence-corrected chi connectivity index (χ2v) is 6.13. The van der Waals surface area contributed by atoms with Crippen LogP contribution in [-0.2, 0) is 19.1 Å². The lowest BCUT2D eigenvalue weighted by atomic mass is 10.1. The van der Waals surface area contributed by atoms with E-state index in [1.54, 1.807) is 42.5 Å². The molecule has 0 saturated heterocycles. The number of aryl methyl sites for hydroxylation is 1. The van der Waals surface area contributed by atoms with Crippen molar-refractivity contribution in [3.8, 4) is 0 Å². The molecule has 1 amide bonds. The van der Waals surface area contributed by atoms with E-state index in [2.05, 4.69) is 0 Å². The lowest BCUT2D eigenvalue weighted by Gasteiger charge is -2.14. The van der Waals surface area contributed by atoms with Crippen molar-refractivity contribution in [3.63, 3.8) is 0 Å². The summed E-state index contributed by atoms with van der Waals surface area (Å²) in [4.78, 5) is 11.5. The minimum atomic E-state index is -4.07. The molecule has 7 heteroatoms. The largest absolute Gasteiger partial charge is 0.367 e. The fraction of sp³-hybridized carbons (Fsp3) is 0.133. The molecule has 2 rings (SSSR count). The molecular formula is C15H17NO4S2. The van der Waals surface area contributed by atoms with Crippen LogP contribution in [0.4, 0.5) is 0 Å². The zero-order chi connectivity index (χ0) is 15.5. The van der Waals surface area contributed by atoms with Gasteiger partial charge in [-0.2, -0.15) is 21.9 Å². The van der Waals surface area contributed by atoms with Crippen LogP contribution in [-0.4, -0.2) is 14.3 Å². The van der Waals surface area contributed by atoms with Crippen LogP contribution in [0.5, 0.6) is 0 Å². The first-order valence-electron chi connectivity index (χ1n) is 6.24. The lowest BCUT2D eigenvalue weighted by molar-refractivity contribution is -0.124. The fourth-order valence-corrected chi connectivity index (χ4v) is 2.82.